The van der Waals surface area contributed by atoms with Gasteiger partial charge in [-0.2, -0.15) is 0 Å². The number of rotatable bonds is 6. The molecule has 0 spiro atoms. The van der Waals surface area contributed by atoms with Crippen LogP contribution in [0.25, 0.3) is 0 Å². The average Bonchev–Trinajstić information content (AvgIpc) is 2.29. The Balaban J connectivity index is 2.56. The van der Waals surface area contributed by atoms with Gasteiger partial charge in [0, 0.05) is 18.9 Å². The van der Waals surface area contributed by atoms with Crippen LogP contribution < -0.4 is 5.32 Å². The molecule has 0 aliphatic heterocycles. The van der Waals surface area contributed by atoms with E-state index in [2.05, 4.69) is 15.3 Å². The molecule has 0 aromatic carbocycles. The first kappa shape index (κ1) is 12.4. The third kappa shape index (κ3) is 3.47. The number of carboxylic acid groups (broad SMARTS) is 1. The molecule has 0 fully saturated rings. The van der Waals surface area contributed by atoms with Crippen molar-refractivity contribution in [2.45, 2.75) is 19.4 Å². The van der Waals surface area contributed by atoms with Gasteiger partial charge in [0.15, 0.2) is 6.10 Å². The molecule has 16 heavy (non-hydrogen) atoms. The Labute approximate surface area is 93.7 Å². The summed E-state index contributed by atoms with van der Waals surface area (Å²) in [7, 11) is 1.36. The number of methoxy groups -OCH3 is 1. The fourth-order valence-electron chi connectivity index (χ4n) is 1.16. The SMILES string of the molecule is CCc1cc(NCC(OC)C(=O)O)ncn1. The summed E-state index contributed by atoms with van der Waals surface area (Å²) in [6.07, 6.45) is 1.38. The maximum atomic E-state index is 10.7. The molecule has 0 saturated carbocycles. The predicted molar refractivity (Wildman–Crippen MR) is 58.3 cm³/mol. The van der Waals surface area contributed by atoms with Gasteiger partial charge in [-0.3, -0.25) is 0 Å². The highest BCUT2D eigenvalue weighted by atomic mass is 16.5. The van der Waals surface area contributed by atoms with Gasteiger partial charge in [-0.05, 0) is 6.42 Å². The zero-order chi connectivity index (χ0) is 12.0. The van der Waals surface area contributed by atoms with Crippen molar-refractivity contribution in [2.24, 2.45) is 0 Å². The minimum absolute atomic E-state index is 0.173. The van der Waals surface area contributed by atoms with E-state index in [1.165, 1.54) is 13.4 Å². The molecule has 0 amide bonds. The monoisotopic (exact) mass is 225 g/mol. The molecule has 0 saturated heterocycles. The Bertz CT molecular complexity index is 357. The van der Waals surface area contributed by atoms with Crippen LogP contribution in [0.2, 0.25) is 0 Å². The molecule has 2 N–H and O–H groups in total. The molecule has 1 atom stereocenters. The fourth-order valence-corrected chi connectivity index (χ4v) is 1.16. The molecule has 0 bridgehead atoms. The first-order valence-electron chi connectivity index (χ1n) is 4.97. The number of nitrogens with zero attached hydrogens (tertiary/aromatic N) is 2. The van der Waals surface area contributed by atoms with Crippen LogP contribution in [0.4, 0.5) is 5.82 Å². The van der Waals surface area contributed by atoms with E-state index in [1.807, 2.05) is 6.92 Å². The first-order chi connectivity index (χ1) is 7.67. The summed E-state index contributed by atoms with van der Waals surface area (Å²) in [5.41, 5.74) is 0.904. The first-order valence-corrected chi connectivity index (χ1v) is 4.97. The molecule has 1 rings (SSSR count). The molecule has 0 aliphatic carbocycles. The normalized spacial score (nSPS) is 12.1. The number of aryl methyl sites for hydroxylation is 1. The molecule has 1 aromatic heterocycles. The average molecular weight is 225 g/mol. The lowest BCUT2D eigenvalue weighted by molar-refractivity contribution is -0.147. The van der Waals surface area contributed by atoms with Gasteiger partial charge in [0.2, 0.25) is 0 Å². The number of aromatic nitrogens is 2. The van der Waals surface area contributed by atoms with Crippen LogP contribution in [0.3, 0.4) is 0 Å². The van der Waals surface area contributed by atoms with Gasteiger partial charge in [-0.25, -0.2) is 14.8 Å². The Hall–Kier alpha value is -1.69. The van der Waals surface area contributed by atoms with Crippen LogP contribution in [0.1, 0.15) is 12.6 Å². The van der Waals surface area contributed by atoms with Crippen LogP contribution in [-0.2, 0) is 16.0 Å². The highest BCUT2D eigenvalue weighted by molar-refractivity contribution is 5.73. The number of carboxylic acids is 1. The molecule has 1 heterocycles. The van der Waals surface area contributed by atoms with Gasteiger partial charge in [0.1, 0.15) is 12.1 Å². The van der Waals surface area contributed by atoms with Crippen molar-refractivity contribution in [2.75, 3.05) is 19.0 Å². The van der Waals surface area contributed by atoms with Gasteiger partial charge >= 0.3 is 5.97 Å². The third-order valence-electron chi connectivity index (χ3n) is 2.11. The van der Waals surface area contributed by atoms with Crippen LogP contribution in [0.15, 0.2) is 12.4 Å². The Morgan fingerprint density at radius 2 is 2.38 bits per heavy atom. The highest BCUT2D eigenvalue weighted by Crippen LogP contribution is 2.04. The summed E-state index contributed by atoms with van der Waals surface area (Å²) >= 11 is 0. The third-order valence-corrected chi connectivity index (χ3v) is 2.11. The summed E-state index contributed by atoms with van der Waals surface area (Å²) in [5, 5.41) is 11.6. The summed E-state index contributed by atoms with van der Waals surface area (Å²) < 4.78 is 4.78. The number of carbonyl (C=O) groups is 1. The molecule has 6 nitrogen and oxygen atoms in total. The molecule has 1 unspecified atom stereocenters. The van der Waals surface area contributed by atoms with Crippen molar-refractivity contribution in [3.8, 4) is 0 Å². The minimum atomic E-state index is -1.00. The molecule has 0 radical (unpaired) electrons. The molecule has 88 valence electrons. The van der Waals surface area contributed by atoms with Crippen molar-refractivity contribution < 1.29 is 14.6 Å². The summed E-state index contributed by atoms with van der Waals surface area (Å²) in [5.74, 6) is -0.394. The summed E-state index contributed by atoms with van der Waals surface area (Å²) in [6, 6.07) is 1.79. The van der Waals surface area contributed by atoms with Crippen LogP contribution in [0.5, 0.6) is 0 Å². The van der Waals surface area contributed by atoms with Crippen molar-refractivity contribution in [1.29, 1.82) is 0 Å². The van der Waals surface area contributed by atoms with Gasteiger partial charge in [0.25, 0.3) is 0 Å². The molecular weight excluding hydrogens is 210 g/mol. The van der Waals surface area contributed by atoms with E-state index in [0.29, 0.717) is 5.82 Å². The van der Waals surface area contributed by atoms with Crippen molar-refractivity contribution in [3.63, 3.8) is 0 Å². The van der Waals surface area contributed by atoms with E-state index in [-0.39, 0.29) is 6.54 Å². The topological polar surface area (TPSA) is 84.3 Å². The number of aliphatic carboxylic acids is 1. The Morgan fingerprint density at radius 1 is 1.62 bits per heavy atom. The fraction of sp³-hybridized carbons (Fsp3) is 0.500. The number of hydrogen-bond acceptors (Lipinski definition) is 5. The predicted octanol–water partition coefficient (Wildman–Crippen LogP) is 0.550. The van der Waals surface area contributed by atoms with Crippen LogP contribution >= 0.6 is 0 Å². The van der Waals surface area contributed by atoms with Crippen molar-refractivity contribution in [1.82, 2.24) is 9.97 Å². The standard InChI is InChI=1S/C10H15N3O3/c1-3-7-4-9(13-6-12-7)11-5-8(16-2)10(14)15/h4,6,8H,3,5H2,1-2H3,(H,14,15)(H,11,12,13). The highest BCUT2D eigenvalue weighted by Gasteiger charge is 2.15. The molecule has 0 aliphatic rings. The zero-order valence-electron chi connectivity index (χ0n) is 9.30. The number of anilines is 1. The quantitative estimate of drug-likeness (QED) is 0.735. The van der Waals surface area contributed by atoms with Crippen LogP contribution in [0, 0.1) is 0 Å². The molecule has 6 heteroatoms. The number of ether oxygens (including phenoxy) is 1. The van der Waals surface area contributed by atoms with Gasteiger partial charge in [-0.1, -0.05) is 6.92 Å². The van der Waals surface area contributed by atoms with E-state index in [4.69, 9.17) is 9.84 Å². The van der Waals surface area contributed by atoms with Crippen molar-refractivity contribution in [3.05, 3.63) is 18.1 Å². The van der Waals surface area contributed by atoms with E-state index >= 15 is 0 Å². The summed E-state index contributed by atoms with van der Waals surface area (Å²) in [6.45, 7) is 2.16. The van der Waals surface area contributed by atoms with Gasteiger partial charge < -0.3 is 15.2 Å². The lowest BCUT2D eigenvalue weighted by Crippen LogP contribution is -2.30. The largest absolute Gasteiger partial charge is 0.479 e. The molecular formula is C10H15N3O3. The van der Waals surface area contributed by atoms with Crippen LogP contribution in [-0.4, -0.2) is 40.8 Å². The second kappa shape index (κ2) is 6.02. The maximum absolute atomic E-state index is 10.7. The maximum Gasteiger partial charge on any atom is 0.334 e. The summed E-state index contributed by atoms with van der Waals surface area (Å²) in [4.78, 5) is 18.7. The van der Waals surface area contributed by atoms with E-state index in [0.717, 1.165) is 12.1 Å². The van der Waals surface area contributed by atoms with E-state index in [9.17, 15) is 4.79 Å². The van der Waals surface area contributed by atoms with Gasteiger partial charge in [0.05, 0.1) is 6.54 Å². The molecule has 1 aromatic rings. The van der Waals surface area contributed by atoms with Gasteiger partial charge in [-0.15, -0.1) is 0 Å². The number of nitrogens with one attached hydrogen (secondary N) is 1. The lowest BCUT2D eigenvalue weighted by Gasteiger charge is -2.11. The minimum Gasteiger partial charge on any atom is -0.479 e. The Morgan fingerprint density at radius 3 is 2.94 bits per heavy atom. The lowest BCUT2D eigenvalue weighted by atomic mass is 10.3. The Kier molecular flexibility index (Phi) is 4.65. The van der Waals surface area contributed by atoms with E-state index in [1.54, 1.807) is 6.07 Å². The smallest absolute Gasteiger partial charge is 0.334 e. The second-order valence-electron chi connectivity index (χ2n) is 3.19. The van der Waals surface area contributed by atoms with E-state index < -0.39 is 12.1 Å². The van der Waals surface area contributed by atoms with Crippen molar-refractivity contribution >= 4 is 11.8 Å². The number of hydrogen-bond donors (Lipinski definition) is 2. The zero-order valence-corrected chi connectivity index (χ0v) is 9.30. The second-order valence-corrected chi connectivity index (χ2v) is 3.19.